The molecular weight excluding hydrogens is 246 g/mol. The van der Waals surface area contributed by atoms with Crippen LogP contribution in [-0.4, -0.2) is 17.9 Å². The van der Waals surface area contributed by atoms with Crippen molar-refractivity contribution in [3.05, 3.63) is 34.3 Å². The highest BCUT2D eigenvalue weighted by molar-refractivity contribution is 9.10. The minimum atomic E-state index is -0.381. The lowest BCUT2D eigenvalue weighted by Crippen LogP contribution is -2.10. The summed E-state index contributed by atoms with van der Waals surface area (Å²) in [5.41, 5.74) is 0.825. The van der Waals surface area contributed by atoms with Crippen molar-refractivity contribution in [2.75, 3.05) is 0 Å². The summed E-state index contributed by atoms with van der Waals surface area (Å²) in [4.78, 5) is 15.2. The molecule has 1 heterocycles. The second-order valence-corrected chi connectivity index (χ2v) is 3.95. The van der Waals surface area contributed by atoms with E-state index in [1.54, 1.807) is 6.92 Å². The number of aliphatic imine (C=N–C) groups is 1. The third-order valence-electron chi connectivity index (χ3n) is 1.94. The van der Waals surface area contributed by atoms with Crippen LogP contribution >= 0.6 is 15.9 Å². The highest BCUT2D eigenvalue weighted by atomic mass is 79.9. The summed E-state index contributed by atoms with van der Waals surface area (Å²) in [5, 5.41) is 0. The first kappa shape index (κ1) is 9.40. The van der Waals surface area contributed by atoms with Gasteiger partial charge in [-0.05, 0) is 31.2 Å². The predicted octanol–water partition coefficient (Wildman–Crippen LogP) is 2.14. The van der Waals surface area contributed by atoms with Crippen LogP contribution in [0.5, 0.6) is 0 Å². The molecule has 0 saturated heterocycles. The molecule has 0 radical (unpaired) electrons. The maximum atomic E-state index is 11.1. The Morgan fingerprint density at radius 3 is 2.50 bits per heavy atom. The molecule has 0 spiro atoms. The van der Waals surface area contributed by atoms with E-state index in [1.165, 1.54) is 0 Å². The maximum Gasteiger partial charge on any atom is 0.337 e. The van der Waals surface area contributed by atoms with E-state index in [-0.39, 0.29) is 12.0 Å². The van der Waals surface area contributed by atoms with E-state index in [2.05, 4.69) is 20.9 Å². The van der Waals surface area contributed by atoms with Crippen molar-refractivity contribution in [3.8, 4) is 0 Å². The normalized spacial score (nSPS) is 20.6. The van der Waals surface area contributed by atoms with Crippen LogP contribution in [0.25, 0.3) is 0 Å². The Bertz CT molecular complexity index is 397. The van der Waals surface area contributed by atoms with E-state index in [4.69, 9.17) is 4.74 Å². The molecule has 0 aromatic heterocycles. The Morgan fingerprint density at radius 2 is 2.00 bits per heavy atom. The van der Waals surface area contributed by atoms with Crippen molar-refractivity contribution < 1.29 is 9.53 Å². The monoisotopic (exact) mass is 253 g/mol. The number of nitrogens with zero attached hydrogens (tertiary/aromatic N) is 1. The van der Waals surface area contributed by atoms with Crippen LogP contribution < -0.4 is 0 Å². The summed E-state index contributed by atoms with van der Waals surface area (Å²) in [6, 6.07) is 7.10. The number of hydrogen-bond acceptors (Lipinski definition) is 3. The lowest BCUT2D eigenvalue weighted by Gasteiger charge is -1.99. The van der Waals surface area contributed by atoms with Crippen LogP contribution in [0.15, 0.2) is 33.7 Å². The molecule has 1 aliphatic rings. The number of carbonyl (C=O) groups excluding carboxylic acids is 1. The summed E-state index contributed by atoms with van der Waals surface area (Å²) >= 11 is 3.33. The summed E-state index contributed by atoms with van der Waals surface area (Å²) in [6.07, 6.45) is 0. The van der Waals surface area contributed by atoms with Gasteiger partial charge in [0.25, 0.3) is 0 Å². The Labute approximate surface area is 89.9 Å². The topological polar surface area (TPSA) is 38.7 Å². The van der Waals surface area contributed by atoms with Gasteiger partial charge < -0.3 is 4.74 Å². The van der Waals surface area contributed by atoms with Gasteiger partial charge in [-0.1, -0.05) is 15.9 Å². The minimum absolute atomic E-state index is 0.289. The number of rotatable bonds is 1. The van der Waals surface area contributed by atoms with Gasteiger partial charge in [0.15, 0.2) is 0 Å². The van der Waals surface area contributed by atoms with Crippen molar-refractivity contribution in [2.45, 2.75) is 13.0 Å². The van der Waals surface area contributed by atoms with E-state index >= 15 is 0 Å². The number of halogens is 1. The zero-order valence-electron chi connectivity index (χ0n) is 7.53. The van der Waals surface area contributed by atoms with E-state index < -0.39 is 0 Å². The van der Waals surface area contributed by atoms with Gasteiger partial charge in [-0.25, -0.2) is 9.79 Å². The van der Waals surface area contributed by atoms with Gasteiger partial charge in [0.05, 0.1) is 0 Å². The molecule has 0 aliphatic carbocycles. The van der Waals surface area contributed by atoms with Gasteiger partial charge >= 0.3 is 5.97 Å². The molecule has 2 rings (SSSR count). The van der Waals surface area contributed by atoms with Crippen molar-refractivity contribution >= 4 is 27.8 Å². The summed E-state index contributed by atoms with van der Waals surface area (Å²) < 4.78 is 5.98. The van der Waals surface area contributed by atoms with Crippen LogP contribution in [0, 0.1) is 0 Å². The molecule has 0 unspecified atom stereocenters. The SMILES string of the molecule is C[C@H]1N=C(c2ccc(Br)cc2)OC1=O. The zero-order chi connectivity index (χ0) is 10.1. The lowest BCUT2D eigenvalue weighted by atomic mass is 10.2. The Hall–Kier alpha value is -1.16. The highest BCUT2D eigenvalue weighted by Crippen LogP contribution is 2.15. The third-order valence-corrected chi connectivity index (χ3v) is 2.47. The molecule has 14 heavy (non-hydrogen) atoms. The van der Waals surface area contributed by atoms with Gasteiger partial charge in [0.2, 0.25) is 5.90 Å². The Morgan fingerprint density at radius 1 is 1.36 bits per heavy atom. The second-order valence-electron chi connectivity index (χ2n) is 3.04. The van der Waals surface area contributed by atoms with Gasteiger partial charge in [-0.15, -0.1) is 0 Å². The van der Waals surface area contributed by atoms with Crippen LogP contribution in [-0.2, 0) is 9.53 Å². The van der Waals surface area contributed by atoms with E-state index in [0.717, 1.165) is 10.0 Å². The van der Waals surface area contributed by atoms with Crippen molar-refractivity contribution in [1.82, 2.24) is 0 Å². The van der Waals surface area contributed by atoms with Crippen molar-refractivity contribution in [1.29, 1.82) is 0 Å². The molecule has 0 N–H and O–H groups in total. The summed E-state index contributed by atoms with van der Waals surface area (Å²) in [6.45, 7) is 1.72. The predicted molar refractivity (Wildman–Crippen MR) is 56.2 cm³/mol. The molecule has 1 aliphatic heterocycles. The first-order valence-corrected chi connectivity index (χ1v) is 5.01. The quantitative estimate of drug-likeness (QED) is 0.720. The smallest absolute Gasteiger partial charge is 0.337 e. The standard InChI is InChI=1S/C10H8BrNO2/c1-6-10(13)14-9(12-6)7-2-4-8(11)5-3-7/h2-6H,1H3/t6-/m1/s1. The Kier molecular flexibility index (Phi) is 2.37. The van der Waals surface area contributed by atoms with Gasteiger partial charge in [-0.2, -0.15) is 0 Å². The Balaban J connectivity index is 2.29. The number of hydrogen-bond donors (Lipinski definition) is 0. The van der Waals surface area contributed by atoms with Crippen LogP contribution in [0.1, 0.15) is 12.5 Å². The maximum absolute atomic E-state index is 11.1. The first-order valence-electron chi connectivity index (χ1n) is 4.22. The molecule has 0 saturated carbocycles. The molecule has 4 heteroatoms. The molecule has 1 aromatic carbocycles. The fourth-order valence-corrected chi connectivity index (χ4v) is 1.43. The zero-order valence-corrected chi connectivity index (χ0v) is 9.11. The molecular formula is C10H8BrNO2. The number of carbonyl (C=O) groups is 1. The van der Waals surface area contributed by atoms with Gasteiger partial charge in [-0.3, -0.25) is 0 Å². The van der Waals surface area contributed by atoms with Crippen LogP contribution in [0.3, 0.4) is 0 Å². The molecule has 3 nitrogen and oxygen atoms in total. The minimum Gasteiger partial charge on any atom is -0.406 e. The highest BCUT2D eigenvalue weighted by Gasteiger charge is 2.25. The molecule has 0 bridgehead atoms. The average Bonchev–Trinajstić information content (AvgIpc) is 2.48. The second kappa shape index (κ2) is 3.53. The number of cyclic esters (lactones) is 1. The fourth-order valence-electron chi connectivity index (χ4n) is 1.16. The fraction of sp³-hybridized carbons (Fsp3) is 0.200. The van der Waals surface area contributed by atoms with Crippen LogP contribution in [0.2, 0.25) is 0 Å². The number of benzene rings is 1. The van der Waals surface area contributed by atoms with Gasteiger partial charge in [0, 0.05) is 10.0 Å². The molecule has 1 atom stereocenters. The molecule has 0 amide bonds. The summed E-state index contributed by atoms with van der Waals surface area (Å²) in [5.74, 6) is 0.123. The molecule has 1 aromatic rings. The lowest BCUT2D eigenvalue weighted by molar-refractivity contribution is -0.134. The van der Waals surface area contributed by atoms with Crippen molar-refractivity contribution in [2.24, 2.45) is 4.99 Å². The van der Waals surface area contributed by atoms with Crippen molar-refractivity contribution in [3.63, 3.8) is 0 Å². The third kappa shape index (κ3) is 1.70. The van der Waals surface area contributed by atoms with E-state index in [1.807, 2.05) is 24.3 Å². The summed E-state index contributed by atoms with van der Waals surface area (Å²) in [7, 11) is 0. The first-order chi connectivity index (χ1) is 6.66. The average molecular weight is 254 g/mol. The largest absolute Gasteiger partial charge is 0.406 e. The molecule has 0 fully saturated rings. The van der Waals surface area contributed by atoms with Gasteiger partial charge in [0.1, 0.15) is 6.04 Å². The number of esters is 1. The van der Waals surface area contributed by atoms with E-state index in [9.17, 15) is 4.79 Å². The van der Waals surface area contributed by atoms with Crippen LogP contribution in [0.4, 0.5) is 0 Å². The van der Waals surface area contributed by atoms with E-state index in [0.29, 0.717) is 5.90 Å². The molecule has 72 valence electrons. The number of ether oxygens (including phenoxy) is 1.